The van der Waals surface area contributed by atoms with Crippen LogP contribution in [0.2, 0.25) is 0 Å². The van der Waals surface area contributed by atoms with E-state index in [2.05, 4.69) is 10.3 Å². The van der Waals surface area contributed by atoms with Gasteiger partial charge in [-0.15, -0.1) is 0 Å². The lowest BCUT2D eigenvalue weighted by Crippen LogP contribution is -2.35. The minimum atomic E-state index is -0.186. The van der Waals surface area contributed by atoms with Crippen molar-refractivity contribution >= 4 is 5.91 Å². The lowest BCUT2D eigenvalue weighted by Gasteiger charge is -2.26. The number of carbonyl (C=O) groups excluding carboxylic acids is 1. The first-order valence-electron chi connectivity index (χ1n) is 8.23. The highest BCUT2D eigenvalue weighted by atomic mass is 16.5. The molecule has 132 valence electrons. The number of aromatic nitrogens is 1. The highest BCUT2D eigenvalue weighted by molar-refractivity contribution is 5.92. The SMILES string of the molecule is COCc1cccc(C(=O)NCC2COc3c(cccc3OC)C2)n1. The molecule has 1 atom stereocenters. The number of rotatable bonds is 6. The molecule has 0 saturated heterocycles. The fourth-order valence-corrected chi connectivity index (χ4v) is 2.91. The first-order valence-corrected chi connectivity index (χ1v) is 8.23. The predicted octanol–water partition coefficient (Wildman–Crippen LogP) is 2.22. The molecule has 1 N–H and O–H groups in total. The summed E-state index contributed by atoms with van der Waals surface area (Å²) in [6.45, 7) is 1.46. The summed E-state index contributed by atoms with van der Waals surface area (Å²) < 4.78 is 16.2. The fourth-order valence-electron chi connectivity index (χ4n) is 2.91. The van der Waals surface area contributed by atoms with E-state index in [4.69, 9.17) is 14.2 Å². The van der Waals surface area contributed by atoms with Crippen LogP contribution in [0, 0.1) is 5.92 Å². The van der Waals surface area contributed by atoms with Crippen molar-refractivity contribution in [2.75, 3.05) is 27.4 Å². The van der Waals surface area contributed by atoms with Crippen molar-refractivity contribution in [3.8, 4) is 11.5 Å². The molecule has 1 unspecified atom stereocenters. The molecular formula is C19H22N2O4. The van der Waals surface area contributed by atoms with Gasteiger partial charge in [0.25, 0.3) is 5.91 Å². The van der Waals surface area contributed by atoms with Gasteiger partial charge in [0.2, 0.25) is 0 Å². The second kappa shape index (κ2) is 7.98. The Bertz CT molecular complexity index is 748. The van der Waals surface area contributed by atoms with Crippen LogP contribution >= 0.6 is 0 Å². The molecule has 0 fully saturated rings. The van der Waals surface area contributed by atoms with Crippen LogP contribution in [0.15, 0.2) is 36.4 Å². The Hall–Kier alpha value is -2.60. The average Bonchev–Trinajstić information content (AvgIpc) is 2.65. The summed E-state index contributed by atoms with van der Waals surface area (Å²) in [6, 6.07) is 11.2. The number of carbonyl (C=O) groups is 1. The van der Waals surface area contributed by atoms with Crippen molar-refractivity contribution in [3.63, 3.8) is 0 Å². The summed E-state index contributed by atoms with van der Waals surface area (Å²) in [7, 11) is 3.24. The summed E-state index contributed by atoms with van der Waals surface area (Å²) in [5, 5.41) is 2.94. The maximum atomic E-state index is 12.3. The van der Waals surface area contributed by atoms with E-state index in [1.807, 2.05) is 30.3 Å². The Kier molecular flexibility index (Phi) is 5.50. The predicted molar refractivity (Wildman–Crippen MR) is 93.0 cm³/mol. The molecular weight excluding hydrogens is 320 g/mol. The van der Waals surface area contributed by atoms with Crippen LogP contribution in [0.25, 0.3) is 0 Å². The lowest BCUT2D eigenvalue weighted by atomic mass is 9.96. The number of para-hydroxylation sites is 1. The van der Waals surface area contributed by atoms with E-state index in [0.717, 1.165) is 29.2 Å². The number of hydrogen-bond acceptors (Lipinski definition) is 5. The van der Waals surface area contributed by atoms with Crippen LogP contribution in [0.4, 0.5) is 0 Å². The summed E-state index contributed by atoms with van der Waals surface area (Å²) in [5.74, 6) is 1.58. The van der Waals surface area contributed by atoms with Gasteiger partial charge in [-0.05, 0) is 30.2 Å². The van der Waals surface area contributed by atoms with Gasteiger partial charge in [0.05, 0.1) is 26.0 Å². The Morgan fingerprint density at radius 2 is 2.12 bits per heavy atom. The fraction of sp³-hybridized carbons (Fsp3) is 0.368. The van der Waals surface area contributed by atoms with Crippen molar-refractivity contribution in [3.05, 3.63) is 53.3 Å². The van der Waals surface area contributed by atoms with Gasteiger partial charge >= 0.3 is 0 Å². The van der Waals surface area contributed by atoms with Crippen molar-refractivity contribution in [1.82, 2.24) is 10.3 Å². The molecule has 2 heterocycles. The van der Waals surface area contributed by atoms with Gasteiger partial charge < -0.3 is 19.5 Å². The first-order chi connectivity index (χ1) is 12.2. The third-order valence-corrected chi connectivity index (χ3v) is 4.14. The van der Waals surface area contributed by atoms with Gasteiger partial charge in [-0.2, -0.15) is 0 Å². The standard InChI is InChI=1S/C19H22N2O4/c1-23-12-15-6-4-7-16(21-15)19(22)20-10-13-9-14-5-3-8-17(24-2)18(14)25-11-13/h3-8,13H,9-12H2,1-2H3,(H,20,22). The van der Waals surface area contributed by atoms with Crippen molar-refractivity contribution in [2.45, 2.75) is 13.0 Å². The summed E-state index contributed by atoms with van der Waals surface area (Å²) in [6.07, 6.45) is 0.837. The molecule has 0 aliphatic carbocycles. The molecule has 25 heavy (non-hydrogen) atoms. The zero-order chi connectivity index (χ0) is 17.6. The van der Waals surface area contributed by atoms with Crippen LogP contribution in [0.1, 0.15) is 21.7 Å². The number of amides is 1. The molecule has 1 aliphatic rings. The normalized spacial score (nSPS) is 15.8. The minimum absolute atomic E-state index is 0.186. The second-order valence-corrected chi connectivity index (χ2v) is 5.99. The number of ether oxygens (including phenoxy) is 3. The van der Waals surface area contributed by atoms with E-state index in [1.165, 1.54) is 0 Å². The molecule has 6 heteroatoms. The summed E-state index contributed by atoms with van der Waals surface area (Å²) in [5.41, 5.74) is 2.23. The number of nitrogens with one attached hydrogen (secondary N) is 1. The maximum absolute atomic E-state index is 12.3. The van der Waals surface area contributed by atoms with E-state index < -0.39 is 0 Å². The molecule has 1 amide bonds. The summed E-state index contributed by atoms with van der Waals surface area (Å²) >= 11 is 0. The average molecular weight is 342 g/mol. The molecule has 0 bridgehead atoms. The van der Waals surface area contributed by atoms with Gasteiger partial charge in [-0.25, -0.2) is 4.98 Å². The van der Waals surface area contributed by atoms with E-state index in [9.17, 15) is 4.79 Å². The van der Waals surface area contributed by atoms with E-state index in [0.29, 0.717) is 25.5 Å². The number of nitrogens with zero attached hydrogens (tertiary/aromatic N) is 1. The molecule has 1 aromatic carbocycles. The Morgan fingerprint density at radius 1 is 1.28 bits per heavy atom. The van der Waals surface area contributed by atoms with Gasteiger partial charge in [-0.3, -0.25) is 4.79 Å². The Morgan fingerprint density at radius 3 is 2.92 bits per heavy atom. The van der Waals surface area contributed by atoms with Gasteiger partial charge in [-0.1, -0.05) is 18.2 Å². The molecule has 0 radical (unpaired) electrons. The first kappa shape index (κ1) is 17.2. The van der Waals surface area contributed by atoms with Crippen LogP contribution < -0.4 is 14.8 Å². The Balaban J connectivity index is 1.59. The number of hydrogen-bond donors (Lipinski definition) is 1. The number of methoxy groups -OCH3 is 2. The van der Waals surface area contributed by atoms with Crippen LogP contribution in [0.3, 0.4) is 0 Å². The van der Waals surface area contributed by atoms with Crippen molar-refractivity contribution in [2.24, 2.45) is 5.92 Å². The van der Waals surface area contributed by atoms with E-state index >= 15 is 0 Å². The monoisotopic (exact) mass is 342 g/mol. The minimum Gasteiger partial charge on any atom is -0.493 e. The van der Waals surface area contributed by atoms with Crippen LogP contribution in [0.5, 0.6) is 11.5 Å². The second-order valence-electron chi connectivity index (χ2n) is 5.99. The lowest BCUT2D eigenvalue weighted by molar-refractivity contribution is 0.0932. The Labute approximate surface area is 147 Å². The molecule has 6 nitrogen and oxygen atoms in total. The highest BCUT2D eigenvalue weighted by Crippen LogP contribution is 2.35. The third-order valence-electron chi connectivity index (χ3n) is 4.14. The third kappa shape index (κ3) is 4.09. The molecule has 1 aromatic heterocycles. The van der Waals surface area contributed by atoms with E-state index in [1.54, 1.807) is 20.3 Å². The summed E-state index contributed by atoms with van der Waals surface area (Å²) in [4.78, 5) is 16.6. The largest absolute Gasteiger partial charge is 0.493 e. The van der Waals surface area contributed by atoms with Crippen molar-refractivity contribution in [1.29, 1.82) is 0 Å². The maximum Gasteiger partial charge on any atom is 0.269 e. The number of fused-ring (bicyclic) bond motifs is 1. The molecule has 0 saturated carbocycles. The number of pyridine rings is 1. The van der Waals surface area contributed by atoms with E-state index in [-0.39, 0.29) is 11.8 Å². The molecule has 0 spiro atoms. The van der Waals surface area contributed by atoms with Gasteiger partial charge in [0, 0.05) is 19.6 Å². The smallest absolute Gasteiger partial charge is 0.269 e. The van der Waals surface area contributed by atoms with Gasteiger partial charge in [0.15, 0.2) is 11.5 Å². The van der Waals surface area contributed by atoms with Crippen molar-refractivity contribution < 1.29 is 19.0 Å². The number of benzene rings is 1. The molecule has 3 rings (SSSR count). The van der Waals surface area contributed by atoms with Crippen LogP contribution in [-0.2, 0) is 17.8 Å². The zero-order valence-corrected chi connectivity index (χ0v) is 14.5. The topological polar surface area (TPSA) is 69.7 Å². The highest BCUT2D eigenvalue weighted by Gasteiger charge is 2.23. The quantitative estimate of drug-likeness (QED) is 0.872. The van der Waals surface area contributed by atoms with Gasteiger partial charge in [0.1, 0.15) is 5.69 Å². The molecule has 2 aromatic rings. The zero-order valence-electron chi connectivity index (χ0n) is 14.5. The molecule has 1 aliphatic heterocycles. The van der Waals surface area contributed by atoms with Crippen LogP contribution in [-0.4, -0.2) is 38.3 Å².